The van der Waals surface area contributed by atoms with Gasteiger partial charge < -0.3 is 32.5 Å². The average Bonchev–Trinajstić information content (AvgIpc) is 2.60. The van der Waals surface area contributed by atoms with Gasteiger partial charge in [-0.05, 0) is 24.7 Å². The number of primary amides is 1. The van der Waals surface area contributed by atoms with Gasteiger partial charge in [-0.25, -0.2) is 0 Å². The van der Waals surface area contributed by atoms with Gasteiger partial charge in [-0.2, -0.15) is 0 Å². The normalized spacial score (nSPS) is 14.0. The van der Waals surface area contributed by atoms with Crippen LogP contribution in [-0.2, 0) is 24.0 Å². The van der Waals surface area contributed by atoms with Crippen molar-refractivity contribution in [2.75, 3.05) is 6.54 Å². The second kappa shape index (κ2) is 12.7. The van der Waals surface area contributed by atoms with Crippen LogP contribution in [0.15, 0.2) is 0 Å². The molecule has 0 saturated heterocycles. The lowest BCUT2D eigenvalue weighted by atomic mass is 10.0. The van der Waals surface area contributed by atoms with Gasteiger partial charge in [0.1, 0.15) is 18.6 Å². The number of nitrogens with one attached hydrogen (secondary N) is 3. The predicted molar refractivity (Wildman–Crippen MR) is 105 cm³/mol. The molecule has 0 spiro atoms. The zero-order chi connectivity index (χ0) is 22.7. The molecule has 11 heteroatoms. The molecule has 0 aliphatic carbocycles. The predicted octanol–water partition coefficient (Wildman–Crippen LogP) is -1.55. The fraction of sp³-hybridized carbons (Fsp3) is 0.722. The Kier molecular flexibility index (Phi) is 11.5. The fourth-order valence-corrected chi connectivity index (χ4v) is 2.39. The lowest BCUT2D eigenvalue weighted by Crippen LogP contribution is -2.57. The van der Waals surface area contributed by atoms with E-state index in [1.807, 2.05) is 13.8 Å². The van der Waals surface area contributed by atoms with Gasteiger partial charge in [0.15, 0.2) is 0 Å². The smallest absolute Gasteiger partial charge is 0.322 e. The Morgan fingerprint density at radius 2 is 1.45 bits per heavy atom. The Morgan fingerprint density at radius 3 is 1.90 bits per heavy atom. The van der Waals surface area contributed by atoms with Crippen LogP contribution in [-0.4, -0.2) is 59.4 Å². The molecule has 166 valence electrons. The van der Waals surface area contributed by atoms with Gasteiger partial charge in [0, 0.05) is 6.42 Å². The van der Waals surface area contributed by atoms with Crippen LogP contribution in [0, 0.1) is 11.8 Å². The quantitative estimate of drug-likeness (QED) is 0.209. The summed E-state index contributed by atoms with van der Waals surface area (Å²) in [6.45, 7) is 6.56. The third kappa shape index (κ3) is 11.0. The van der Waals surface area contributed by atoms with E-state index in [1.54, 1.807) is 13.8 Å². The highest BCUT2D eigenvalue weighted by atomic mass is 16.4. The zero-order valence-electron chi connectivity index (χ0n) is 17.4. The molecule has 0 radical (unpaired) electrons. The van der Waals surface area contributed by atoms with Crippen LogP contribution >= 0.6 is 0 Å². The van der Waals surface area contributed by atoms with E-state index in [0.29, 0.717) is 0 Å². The number of amides is 4. The molecular formula is C18H33N5O6. The molecule has 3 unspecified atom stereocenters. The molecule has 8 N–H and O–H groups in total. The average molecular weight is 415 g/mol. The number of rotatable bonds is 13. The van der Waals surface area contributed by atoms with Gasteiger partial charge in [0.05, 0.1) is 6.04 Å². The third-order valence-corrected chi connectivity index (χ3v) is 4.09. The van der Waals surface area contributed by atoms with Crippen LogP contribution in [0.5, 0.6) is 0 Å². The van der Waals surface area contributed by atoms with Gasteiger partial charge in [-0.1, -0.05) is 27.7 Å². The highest BCUT2D eigenvalue weighted by Gasteiger charge is 2.29. The van der Waals surface area contributed by atoms with Crippen LogP contribution in [0.2, 0.25) is 0 Å². The van der Waals surface area contributed by atoms with Crippen molar-refractivity contribution in [1.82, 2.24) is 16.0 Å². The first-order valence-corrected chi connectivity index (χ1v) is 9.49. The topological polar surface area (TPSA) is 194 Å². The molecule has 0 aliphatic rings. The maximum absolute atomic E-state index is 12.7. The van der Waals surface area contributed by atoms with E-state index in [1.165, 1.54) is 0 Å². The summed E-state index contributed by atoms with van der Waals surface area (Å²) in [7, 11) is 0. The van der Waals surface area contributed by atoms with E-state index in [-0.39, 0.29) is 31.1 Å². The molecule has 29 heavy (non-hydrogen) atoms. The molecule has 3 atom stereocenters. The number of aliphatic carboxylic acids is 1. The van der Waals surface area contributed by atoms with E-state index >= 15 is 0 Å². The number of nitrogens with two attached hydrogens (primary N) is 2. The van der Waals surface area contributed by atoms with E-state index < -0.39 is 54.3 Å². The van der Waals surface area contributed by atoms with Gasteiger partial charge in [0.2, 0.25) is 23.6 Å². The van der Waals surface area contributed by atoms with E-state index in [4.69, 9.17) is 16.6 Å². The summed E-state index contributed by atoms with van der Waals surface area (Å²) in [6, 6.07) is -2.99. The fourth-order valence-electron chi connectivity index (χ4n) is 2.39. The van der Waals surface area contributed by atoms with Crippen molar-refractivity contribution in [2.45, 2.75) is 65.1 Å². The van der Waals surface area contributed by atoms with Crippen LogP contribution in [0.3, 0.4) is 0 Å². The first-order chi connectivity index (χ1) is 13.3. The summed E-state index contributed by atoms with van der Waals surface area (Å²) in [5.41, 5.74) is 10.9. The molecule has 0 heterocycles. The number of carboxylic acids is 1. The van der Waals surface area contributed by atoms with Crippen molar-refractivity contribution >= 4 is 29.6 Å². The Bertz CT molecular complexity index is 608. The van der Waals surface area contributed by atoms with Crippen molar-refractivity contribution in [3.05, 3.63) is 0 Å². The zero-order valence-corrected chi connectivity index (χ0v) is 17.4. The molecule has 0 fully saturated rings. The number of carbonyl (C=O) groups excluding carboxylic acids is 4. The maximum Gasteiger partial charge on any atom is 0.322 e. The standard InChI is InChI=1S/C18H33N5O6/c1-9(2)7-12(16(27)21-8-14(25)26)23-17(28)11(5-6-13(19)24)22-18(29)15(20)10(3)4/h9-12,15H,5-8,20H2,1-4H3,(H2,19,24)(H,21,27)(H,22,29)(H,23,28)(H,25,26). The maximum atomic E-state index is 12.7. The summed E-state index contributed by atoms with van der Waals surface area (Å²) in [4.78, 5) is 59.0. The van der Waals surface area contributed by atoms with E-state index in [9.17, 15) is 24.0 Å². The second-order valence-electron chi connectivity index (χ2n) is 7.64. The summed E-state index contributed by atoms with van der Waals surface area (Å²) in [6.07, 6.45) is 0.0252. The lowest BCUT2D eigenvalue weighted by Gasteiger charge is -2.25. The minimum atomic E-state index is -1.22. The lowest BCUT2D eigenvalue weighted by molar-refractivity contribution is -0.138. The van der Waals surface area contributed by atoms with Gasteiger partial charge in [-0.15, -0.1) is 0 Å². The van der Waals surface area contributed by atoms with Crippen molar-refractivity contribution in [1.29, 1.82) is 0 Å². The Hall–Kier alpha value is -2.69. The molecule has 0 rings (SSSR count). The van der Waals surface area contributed by atoms with Crippen LogP contribution in [0.4, 0.5) is 0 Å². The van der Waals surface area contributed by atoms with Crippen LogP contribution in [0.1, 0.15) is 47.0 Å². The SMILES string of the molecule is CC(C)CC(NC(=O)C(CCC(N)=O)NC(=O)C(N)C(C)C)C(=O)NCC(=O)O. The molecule has 0 bridgehead atoms. The summed E-state index contributed by atoms with van der Waals surface area (Å²) >= 11 is 0. The largest absolute Gasteiger partial charge is 0.480 e. The van der Waals surface area contributed by atoms with Crippen molar-refractivity contribution in [3.63, 3.8) is 0 Å². The molecule has 0 aromatic heterocycles. The molecule has 0 aliphatic heterocycles. The van der Waals surface area contributed by atoms with E-state index in [0.717, 1.165) is 0 Å². The molecule has 0 aromatic carbocycles. The van der Waals surface area contributed by atoms with Gasteiger partial charge in [-0.3, -0.25) is 24.0 Å². The Morgan fingerprint density at radius 1 is 0.897 bits per heavy atom. The first-order valence-electron chi connectivity index (χ1n) is 9.49. The minimum Gasteiger partial charge on any atom is -0.480 e. The molecule has 4 amide bonds. The Balaban J connectivity index is 5.31. The number of carbonyl (C=O) groups is 5. The summed E-state index contributed by atoms with van der Waals surface area (Å²) < 4.78 is 0. The second-order valence-corrected chi connectivity index (χ2v) is 7.64. The monoisotopic (exact) mass is 415 g/mol. The summed E-state index contributed by atoms with van der Waals surface area (Å²) in [5, 5.41) is 15.9. The molecule has 0 aromatic rings. The highest BCUT2D eigenvalue weighted by Crippen LogP contribution is 2.07. The molecular weight excluding hydrogens is 382 g/mol. The molecule has 11 nitrogen and oxygen atoms in total. The van der Waals surface area contributed by atoms with Gasteiger partial charge >= 0.3 is 5.97 Å². The number of hydrogen-bond donors (Lipinski definition) is 6. The van der Waals surface area contributed by atoms with E-state index in [2.05, 4.69) is 16.0 Å². The highest BCUT2D eigenvalue weighted by molar-refractivity contribution is 5.94. The minimum absolute atomic E-state index is 0.0175. The Labute approximate surface area is 170 Å². The van der Waals surface area contributed by atoms with Crippen LogP contribution in [0.25, 0.3) is 0 Å². The van der Waals surface area contributed by atoms with Crippen LogP contribution < -0.4 is 27.4 Å². The number of hydrogen-bond acceptors (Lipinski definition) is 6. The third-order valence-electron chi connectivity index (χ3n) is 4.09. The van der Waals surface area contributed by atoms with Crippen molar-refractivity contribution < 1.29 is 29.1 Å². The number of carboxylic acid groups (broad SMARTS) is 1. The molecule has 0 saturated carbocycles. The summed E-state index contributed by atoms with van der Waals surface area (Å²) in [5.74, 6) is -3.94. The first kappa shape index (κ1) is 26.3. The van der Waals surface area contributed by atoms with Crippen molar-refractivity contribution in [2.24, 2.45) is 23.3 Å². The van der Waals surface area contributed by atoms with Gasteiger partial charge in [0.25, 0.3) is 0 Å². The van der Waals surface area contributed by atoms with Crippen molar-refractivity contribution in [3.8, 4) is 0 Å².